The molecule has 1 aromatic carbocycles. The summed E-state index contributed by atoms with van der Waals surface area (Å²) in [5, 5.41) is 7.56. The fourth-order valence-corrected chi connectivity index (χ4v) is 3.27. The first-order chi connectivity index (χ1) is 11.1. The van der Waals surface area contributed by atoms with Crippen molar-refractivity contribution in [3.05, 3.63) is 28.2 Å². The normalized spacial score (nSPS) is 19.7. The van der Waals surface area contributed by atoms with Crippen molar-refractivity contribution >= 4 is 34.8 Å². The lowest BCUT2D eigenvalue weighted by molar-refractivity contribution is -0.117. The van der Waals surface area contributed by atoms with E-state index in [2.05, 4.69) is 15.5 Å². The molecule has 6 heteroatoms. The van der Waals surface area contributed by atoms with E-state index < -0.39 is 0 Å². The number of piperidine rings is 1. The number of carbonyl (C=O) groups is 1. The SMILES string of the molecule is O=C(CN1CCC(NCC2CC2)CC1)Nc1cc(Cl)ccc1Cl. The van der Waals surface area contributed by atoms with Crippen molar-refractivity contribution in [1.82, 2.24) is 10.2 Å². The first kappa shape index (κ1) is 17.0. The van der Waals surface area contributed by atoms with E-state index in [0.29, 0.717) is 28.3 Å². The molecule has 2 N–H and O–H groups in total. The molecule has 1 aliphatic heterocycles. The quantitative estimate of drug-likeness (QED) is 0.821. The van der Waals surface area contributed by atoms with Gasteiger partial charge in [-0.1, -0.05) is 23.2 Å². The van der Waals surface area contributed by atoms with Gasteiger partial charge in [-0.25, -0.2) is 0 Å². The average molecular weight is 356 g/mol. The Morgan fingerprint density at radius 2 is 1.91 bits per heavy atom. The minimum Gasteiger partial charge on any atom is -0.324 e. The highest BCUT2D eigenvalue weighted by Crippen LogP contribution is 2.28. The highest BCUT2D eigenvalue weighted by Gasteiger charge is 2.25. The van der Waals surface area contributed by atoms with Gasteiger partial charge in [0.25, 0.3) is 0 Å². The Balaban J connectivity index is 1.41. The molecular weight excluding hydrogens is 333 g/mol. The van der Waals surface area contributed by atoms with Crippen LogP contribution in [0.3, 0.4) is 0 Å². The van der Waals surface area contributed by atoms with E-state index in [9.17, 15) is 4.79 Å². The van der Waals surface area contributed by atoms with Gasteiger partial charge >= 0.3 is 0 Å². The van der Waals surface area contributed by atoms with Crippen molar-refractivity contribution in [3.63, 3.8) is 0 Å². The lowest BCUT2D eigenvalue weighted by atomic mass is 10.0. The molecule has 1 saturated carbocycles. The second kappa shape index (κ2) is 7.84. The van der Waals surface area contributed by atoms with Crippen molar-refractivity contribution in [2.24, 2.45) is 5.92 Å². The van der Waals surface area contributed by atoms with Crippen LogP contribution in [0.1, 0.15) is 25.7 Å². The van der Waals surface area contributed by atoms with Gasteiger partial charge in [-0.05, 0) is 56.3 Å². The van der Waals surface area contributed by atoms with E-state index in [1.54, 1.807) is 18.2 Å². The molecule has 3 rings (SSSR count). The molecular formula is C17H23Cl2N3O. The van der Waals surface area contributed by atoms with E-state index in [1.165, 1.54) is 19.4 Å². The lowest BCUT2D eigenvalue weighted by Gasteiger charge is -2.32. The molecule has 0 aromatic heterocycles. The maximum absolute atomic E-state index is 12.2. The van der Waals surface area contributed by atoms with Crippen LogP contribution in [0.4, 0.5) is 5.69 Å². The predicted molar refractivity (Wildman–Crippen MR) is 95.3 cm³/mol. The number of halogens is 2. The van der Waals surface area contributed by atoms with Gasteiger partial charge < -0.3 is 10.6 Å². The van der Waals surface area contributed by atoms with Crippen LogP contribution in [0.2, 0.25) is 10.0 Å². The number of amides is 1. The zero-order valence-corrected chi connectivity index (χ0v) is 14.7. The summed E-state index contributed by atoms with van der Waals surface area (Å²) in [7, 11) is 0. The zero-order chi connectivity index (χ0) is 16.2. The van der Waals surface area contributed by atoms with E-state index in [4.69, 9.17) is 23.2 Å². The van der Waals surface area contributed by atoms with Gasteiger partial charge in [0.05, 0.1) is 17.3 Å². The second-order valence-electron chi connectivity index (χ2n) is 6.57. The molecule has 0 bridgehead atoms. The van der Waals surface area contributed by atoms with Gasteiger partial charge in [-0.15, -0.1) is 0 Å². The molecule has 1 saturated heterocycles. The van der Waals surface area contributed by atoms with Crippen molar-refractivity contribution in [3.8, 4) is 0 Å². The third-order valence-corrected chi connectivity index (χ3v) is 5.11. The van der Waals surface area contributed by atoms with Crippen molar-refractivity contribution in [1.29, 1.82) is 0 Å². The summed E-state index contributed by atoms with van der Waals surface area (Å²) in [6.07, 6.45) is 4.99. The first-order valence-corrected chi connectivity index (χ1v) is 9.06. The molecule has 0 radical (unpaired) electrons. The molecule has 2 aliphatic rings. The number of hydrogen-bond acceptors (Lipinski definition) is 3. The van der Waals surface area contributed by atoms with Gasteiger partial charge in [-0.2, -0.15) is 0 Å². The van der Waals surface area contributed by atoms with Crippen molar-refractivity contribution < 1.29 is 4.79 Å². The smallest absolute Gasteiger partial charge is 0.238 e. The van der Waals surface area contributed by atoms with Crippen LogP contribution in [-0.4, -0.2) is 43.0 Å². The van der Waals surface area contributed by atoms with Crippen LogP contribution >= 0.6 is 23.2 Å². The molecule has 23 heavy (non-hydrogen) atoms. The number of nitrogens with one attached hydrogen (secondary N) is 2. The van der Waals surface area contributed by atoms with Crippen LogP contribution in [0.5, 0.6) is 0 Å². The molecule has 2 fully saturated rings. The monoisotopic (exact) mass is 355 g/mol. The van der Waals surface area contributed by atoms with Gasteiger partial charge in [0.2, 0.25) is 5.91 Å². The Bertz CT molecular complexity index is 555. The van der Waals surface area contributed by atoms with Crippen LogP contribution in [0, 0.1) is 5.92 Å². The fraction of sp³-hybridized carbons (Fsp3) is 0.588. The molecule has 0 atom stereocenters. The Morgan fingerprint density at radius 3 is 2.61 bits per heavy atom. The highest BCUT2D eigenvalue weighted by molar-refractivity contribution is 6.35. The number of rotatable bonds is 6. The standard InChI is InChI=1S/C17H23Cl2N3O/c18-13-3-4-15(19)16(9-13)21-17(23)11-22-7-5-14(6-8-22)20-10-12-1-2-12/h3-4,9,12,14,20H,1-2,5-8,10-11H2,(H,21,23). The fourth-order valence-electron chi connectivity index (χ4n) is 2.94. The van der Waals surface area contributed by atoms with Crippen LogP contribution in [-0.2, 0) is 4.79 Å². The summed E-state index contributed by atoms with van der Waals surface area (Å²) in [6.45, 7) is 3.48. The van der Waals surface area contributed by atoms with E-state index in [1.807, 2.05) is 0 Å². The summed E-state index contributed by atoms with van der Waals surface area (Å²) in [6, 6.07) is 5.68. The maximum atomic E-state index is 12.2. The van der Waals surface area contributed by atoms with E-state index in [0.717, 1.165) is 31.8 Å². The number of hydrogen-bond donors (Lipinski definition) is 2. The van der Waals surface area contributed by atoms with Crippen LogP contribution < -0.4 is 10.6 Å². The number of benzene rings is 1. The summed E-state index contributed by atoms with van der Waals surface area (Å²) < 4.78 is 0. The van der Waals surface area contributed by atoms with Gasteiger partial charge in [-0.3, -0.25) is 9.69 Å². The average Bonchev–Trinajstić information content (AvgIpc) is 3.34. The van der Waals surface area contributed by atoms with Crippen molar-refractivity contribution in [2.45, 2.75) is 31.7 Å². The molecule has 0 spiro atoms. The zero-order valence-electron chi connectivity index (χ0n) is 13.2. The van der Waals surface area contributed by atoms with Crippen LogP contribution in [0.15, 0.2) is 18.2 Å². The lowest BCUT2D eigenvalue weighted by Crippen LogP contribution is -2.45. The Kier molecular flexibility index (Phi) is 5.81. The molecule has 4 nitrogen and oxygen atoms in total. The second-order valence-corrected chi connectivity index (χ2v) is 7.42. The number of likely N-dealkylation sites (tertiary alicyclic amines) is 1. The molecule has 0 unspecified atom stereocenters. The number of carbonyl (C=O) groups excluding carboxylic acids is 1. The molecule has 1 amide bonds. The highest BCUT2D eigenvalue weighted by atomic mass is 35.5. The van der Waals surface area contributed by atoms with Crippen molar-refractivity contribution in [2.75, 3.05) is 31.5 Å². The third kappa shape index (κ3) is 5.35. The summed E-state index contributed by atoms with van der Waals surface area (Å²) in [5.74, 6) is 0.875. The van der Waals surface area contributed by atoms with Gasteiger partial charge in [0.15, 0.2) is 0 Å². The van der Waals surface area contributed by atoms with E-state index >= 15 is 0 Å². The summed E-state index contributed by atoms with van der Waals surface area (Å²) in [4.78, 5) is 14.4. The van der Waals surface area contributed by atoms with E-state index in [-0.39, 0.29) is 5.91 Å². The molecule has 1 aliphatic carbocycles. The molecule has 126 valence electrons. The molecule has 1 aromatic rings. The maximum Gasteiger partial charge on any atom is 0.238 e. The summed E-state index contributed by atoms with van der Waals surface area (Å²) >= 11 is 12.0. The first-order valence-electron chi connectivity index (χ1n) is 8.31. The predicted octanol–water partition coefficient (Wildman–Crippen LogP) is 3.40. The van der Waals surface area contributed by atoms with Gasteiger partial charge in [0.1, 0.15) is 0 Å². The third-order valence-electron chi connectivity index (χ3n) is 4.55. The number of nitrogens with zero attached hydrogens (tertiary/aromatic N) is 1. The molecule has 1 heterocycles. The minimum atomic E-state index is -0.0430. The largest absolute Gasteiger partial charge is 0.324 e. The number of anilines is 1. The summed E-state index contributed by atoms with van der Waals surface area (Å²) in [5.41, 5.74) is 0.574. The Hall–Kier alpha value is -0.810. The van der Waals surface area contributed by atoms with Gasteiger partial charge in [0, 0.05) is 24.2 Å². The Labute approximate surface area is 147 Å². The topological polar surface area (TPSA) is 44.4 Å². The van der Waals surface area contributed by atoms with Crippen LogP contribution in [0.25, 0.3) is 0 Å². The Morgan fingerprint density at radius 1 is 1.17 bits per heavy atom. The minimum absolute atomic E-state index is 0.0430.